The molecule has 2 heterocycles. The Hall–Kier alpha value is -2.71. The molecule has 1 aromatic carbocycles. The van der Waals surface area contributed by atoms with Crippen molar-refractivity contribution in [3.05, 3.63) is 36.8 Å². The molecule has 8 nitrogen and oxygen atoms in total. The Morgan fingerprint density at radius 1 is 1.17 bits per heavy atom. The normalized spacial score (nSPS) is 10.9. The lowest BCUT2D eigenvalue weighted by molar-refractivity contribution is 0.0992. The lowest BCUT2D eigenvalue weighted by Crippen LogP contribution is -2.12. The molecule has 2 aromatic heterocycles. The zero-order valence-electron chi connectivity index (χ0n) is 13.3. The zero-order chi connectivity index (χ0) is 16.8. The number of nitrogens with one attached hydrogen (secondary N) is 1. The Labute approximate surface area is 139 Å². The second kappa shape index (κ2) is 7.71. The van der Waals surface area contributed by atoms with Crippen LogP contribution in [0.3, 0.4) is 0 Å². The van der Waals surface area contributed by atoms with E-state index in [9.17, 15) is 0 Å². The first-order valence-corrected chi connectivity index (χ1v) is 7.59. The topological polar surface area (TPSA) is 94.3 Å². The quantitative estimate of drug-likeness (QED) is 0.601. The summed E-state index contributed by atoms with van der Waals surface area (Å²) in [6.45, 7) is 1.42. The van der Waals surface area contributed by atoms with Crippen LogP contribution in [0.5, 0.6) is 5.75 Å². The van der Waals surface area contributed by atoms with Crippen LogP contribution < -0.4 is 10.1 Å². The number of fused-ring (bicyclic) bond motifs is 1. The van der Waals surface area contributed by atoms with Crippen molar-refractivity contribution >= 4 is 16.9 Å². The van der Waals surface area contributed by atoms with Crippen molar-refractivity contribution in [2.24, 2.45) is 0 Å². The van der Waals surface area contributed by atoms with Gasteiger partial charge in [-0.1, -0.05) is 0 Å². The lowest BCUT2D eigenvalue weighted by Gasteiger charge is -2.07. The number of nitrogens with zero attached hydrogens (tertiary/aromatic N) is 4. The molecular weight excluding hydrogens is 310 g/mol. The first-order chi connectivity index (χ1) is 11.8. The molecule has 0 aliphatic heterocycles. The molecule has 24 heavy (non-hydrogen) atoms. The number of aliphatic hydroxyl groups excluding tert-OH is 1. The summed E-state index contributed by atoms with van der Waals surface area (Å²) in [6, 6.07) is 7.59. The third-order valence-corrected chi connectivity index (χ3v) is 3.46. The van der Waals surface area contributed by atoms with E-state index in [0.29, 0.717) is 31.2 Å². The Kier molecular flexibility index (Phi) is 5.19. The monoisotopic (exact) mass is 329 g/mol. The van der Waals surface area contributed by atoms with Gasteiger partial charge in [-0.3, -0.25) is 0 Å². The highest BCUT2D eigenvalue weighted by Crippen LogP contribution is 2.22. The SMILES string of the molecule is COc1ccc(-n2ncc3c(NCCOCCO)ncnc32)cc1. The van der Waals surface area contributed by atoms with E-state index in [1.165, 1.54) is 6.33 Å². The van der Waals surface area contributed by atoms with E-state index in [1.54, 1.807) is 18.0 Å². The van der Waals surface area contributed by atoms with Crippen molar-refractivity contribution < 1.29 is 14.6 Å². The summed E-state index contributed by atoms with van der Waals surface area (Å²) in [5, 5.41) is 17.1. The highest BCUT2D eigenvalue weighted by molar-refractivity contribution is 5.87. The highest BCUT2D eigenvalue weighted by Gasteiger charge is 2.10. The van der Waals surface area contributed by atoms with Crippen LogP contribution >= 0.6 is 0 Å². The van der Waals surface area contributed by atoms with Gasteiger partial charge in [-0.25, -0.2) is 14.6 Å². The maximum Gasteiger partial charge on any atom is 0.168 e. The zero-order valence-corrected chi connectivity index (χ0v) is 13.3. The van der Waals surface area contributed by atoms with Gasteiger partial charge in [0, 0.05) is 6.54 Å². The molecule has 3 rings (SSSR count). The third-order valence-electron chi connectivity index (χ3n) is 3.46. The Morgan fingerprint density at radius 3 is 2.75 bits per heavy atom. The molecule has 0 aliphatic rings. The average Bonchev–Trinajstić information content (AvgIpc) is 3.06. The second-order valence-electron chi connectivity index (χ2n) is 4.98. The highest BCUT2D eigenvalue weighted by atomic mass is 16.5. The molecule has 8 heteroatoms. The van der Waals surface area contributed by atoms with Crippen LogP contribution in [-0.2, 0) is 4.74 Å². The van der Waals surface area contributed by atoms with Gasteiger partial charge in [0.05, 0.1) is 44.2 Å². The van der Waals surface area contributed by atoms with E-state index in [-0.39, 0.29) is 6.61 Å². The number of hydrogen-bond donors (Lipinski definition) is 2. The predicted octanol–water partition coefficient (Wildman–Crippen LogP) is 1.24. The average molecular weight is 329 g/mol. The van der Waals surface area contributed by atoms with Gasteiger partial charge in [0.15, 0.2) is 5.65 Å². The van der Waals surface area contributed by atoms with Gasteiger partial charge in [-0.2, -0.15) is 5.10 Å². The summed E-state index contributed by atoms with van der Waals surface area (Å²) < 4.78 is 12.2. The smallest absolute Gasteiger partial charge is 0.168 e. The summed E-state index contributed by atoms with van der Waals surface area (Å²) in [5.41, 5.74) is 1.61. The maximum absolute atomic E-state index is 8.68. The number of rotatable bonds is 8. The van der Waals surface area contributed by atoms with Crippen molar-refractivity contribution in [1.82, 2.24) is 19.7 Å². The molecule has 0 unspecified atom stereocenters. The Balaban J connectivity index is 1.80. The fourth-order valence-electron chi connectivity index (χ4n) is 2.31. The molecule has 0 saturated heterocycles. The van der Waals surface area contributed by atoms with Crippen molar-refractivity contribution in [2.75, 3.05) is 38.8 Å². The summed E-state index contributed by atoms with van der Waals surface area (Å²) >= 11 is 0. The Bertz CT molecular complexity index is 788. The van der Waals surface area contributed by atoms with Gasteiger partial charge in [0.2, 0.25) is 0 Å². The number of aliphatic hydroxyl groups is 1. The molecule has 0 saturated carbocycles. The molecule has 0 fully saturated rings. The van der Waals surface area contributed by atoms with Crippen molar-refractivity contribution in [1.29, 1.82) is 0 Å². The summed E-state index contributed by atoms with van der Waals surface area (Å²) in [5.74, 6) is 1.49. The number of anilines is 1. The number of hydrogen-bond acceptors (Lipinski definition) is 7. The number of aromatic nitrogens is 4. The number of ether oxygens (including phenoxy) is 2. The molecule has 0 amide bonds. The van der Waals surface area contributed by atoms with E-state index in [0.717, 1.165) is 16.8 Å². The molecule has 126 valence electrons. The van der Waals surface area contributed by atoms with Crippen molar-refractivity contribution in [3.63, 3.8) is 0 Å². The predicted molar refractivity (Wildman–Crippen MR) is 89.6 cm³/mol. The van der Waals surface area contributed by atoms with Gasteiger partial charge in [-0.15, -0.1) is 0 Å². The first-order valence-electron chi connectivity index (χ1n) is 7.59. The van der Waals surface area contributed by atoms with E-state index in [4.69, 9.17) is 14.6 Å². The van der Waals surface area contributed by atoms with Gasteiger partial charge in [-0.05, 0) is 24.3 Å². The van der Waals surface area contributed by atoms with Crippen LogP contribution in [0.1, 0.15) is 0 Å². The summed E-state index contributed by atoms with van der Waals surface area (Å²) in [7, 11) is 1.63. The molecular formula is C16H19N5O3. The Morgan fingerprint density at radius 2 is 2.00 bits per heavy atom. The van der Waals surface area contributed by atoms with Gasteiger partial charge < -0.3 is 19.9 Å². The summed E-state index contributed by atoms with van der Waals surface area (Å²) in [4.78, 5) is 8.59. The van der Waals surface area contributed by atoms with E-state index in [2.05, 4.69) is 20.4 Å². The van der Waals surface area contributed by atoms with Crippen LogP contribution in [0.4, 0.5) is 5.82 Å². The van der Waals surface area contributed by atoms with Gasteiger partial charge in [0.25, 0.3) is 0 Å². The largest absolute Gasteiger partial charge is 0.497 e. The summed E-state index contributed by atoms with van der Waals surface area (Å²) in [6.07, 6.45) is 3.23. The molecule has 3 aromatic rings. The van der Waals surface area contributed by atoms with E-state index >= 15 is 0 Å². The lowest BCUT2D eigenvalue weighted by atomic mass is 10.3. The molecule has 0 radical (unpaired) electrons. The van der Waals surface area contributed by atoms with Gasteiger partial charge >= 0.3 is 0 Å². The van der Waals surface area contributed by atoms with E-state index < -0.39 is 0 Å². The van der Waals surface area contributed by atoms with E-state index in [1.807, 2.05) is 24.3 Å². The number of benzene rings is 1. The molecule has 0 bridgehead atoms. The van der Waals surface area contributed by atoms with Crippen LogP contribution in [0, 0.1) is 0 Å². The number of methoxy groups -OCH3 is 1. The standard InChI is InChI=1S/C16H19N5O3/c1-23-13-4-2-12(3-5-13)21-16-14(10-20-21)15(18-11-19-16)17-6-8-24-9-7-22/h2-5,10-11,22H,6-9H2,1H3,(H,17,18,19). The minimum Gasteiger partial charge on any atom is -0.497 e. The first kappa shape index (κ1) is 16.2. The van der Waals surface area contributed by atoms with Crippen LogP contribution in [0.2, 0.25) is 0 Å². The molecule has 0 atom stereocenters. The second-order valence-corrected chi connectivity index (χ2v) is 4.98. The van der Waals surface area contributed by atoms with Crippen molar-refractivity contribution in [3.8, 4) is 11.4 Å². The fraction of sp³-hybridized carbons (Fsp3) is 0.312. The van der Waals surface area contributed by atoms with Crippen LogP contribution in [0.25, 0.3) is 16.7 Å². The third kappa shape index (κ3) is 3.44. The minimum absolute atomic E-state index is 0.0202. The molecule has 0 aliphatic carbocycles. The van der Waals surface area contributed by atoms with Crippen LogP contribution in [-0.4, -0.2) is 58.3 Å². The maximum atomic E-state index is 8.68. The van der Waals surface area contributed by atoms with Gasteiger partial charge in [0.1, 0.15) is 17.9 Å². The molecule has 2 N–H and O–H groups in total. The fourth-order valence-corrected chi connectivity index (χ4v) is 2.31. The van der Waals surface area contributed by atoms with Crippen LogP contribution in [0.15, 0.2) is 36.8 Å². The van der Waals surface area contributed by atoms with Crippen molar-refractivity contribution in [2.45, 2.75) is 0 Å². The molecule has 0 spiro atoms. The minimum atomic E-state index is 0.0202.